The molecule has 76 valence electrons. The molecule has 0 saturated heterocycles. The van der Waals surface area contributed by atoms with Gasteiger partial charge in [-0.3, -0.25) is 4.68 Å². The largest absolute Gasteiger partial charge is 0.271 e. The summed E-state index contributed by atoms with van der Waals surface area (Å²) in [6.07, 6.45) is 5.87. The lowest BCUT2D eigenvalue weighted by molar-refractivity contribution is 0.485. The minimum atomic E-state index is -0.0849. The van der Waals surface area contributed by atoms with E-state index in [1.807, 2.05) is 37.8 Å². The molecule has 1 fully saturated rings. The van der Waals surface area contributed by atoms with E-state index in [0.29, 0.717) is 0 Å². The molecule has 1 aliphatic rings. The van der Waals surface area contributed by atoms with Crippen LogP contribution in [0.2, 0.25) is 0 Å². The van der Waals surface area contributed by atoms with Crippen LogP contribution in [0.5, 0.6) is 0 Å². The molecular formula is C11H17N3. The quantitative estimate of drug-likeness (QED) is 0.720. The van der Waals surface area contributed by atoms with Gasteiger partial charge < -0.3 is 0 Å². The Bertz CT molecular complexity index is 329. The molecule has 0 radical (unpaired) electrons. The summed E-state index contributed by atoms with van der Waals surface area (Å²) in [7, 11) is 0. The van der Waals surface area contributed by atoms with Crippen LogP contribution in [-0.4, -0.2) is 9.78 Å². The van der Waals surface area contributed by atoms with Crippen molar-refractivity contribution in [1.82, 2.24) is 9.78 Å². The highest BCUT2D eigenvalue weighted by molar-refractivity contribution is 5.10. The third kappa shape index (κ3) is 2.35. The average Bonchev–Trinajstić information content (AvgIpc) is 2.87. The first-order valence-corrected chi connectivity index (χ1v) is 5.14. The topological polar surface area (TPSA) is 41.6 Å². The van der Waals surface area contributed by atoms with Crippen molar-refractivity contribution in [1.29, 1.82) is 5.26 Å². The Hall–Kier alpha value is -1.30. The Kier molecular flexibility index (Phi) is 3.29. The van der Waals surface area contributed by atoms with E-state index in [0.717, 1.165) is 24.9 Å². The third-order valence-corrected chi connectivity index (χ3v) is 2.32. The van der Waals surface area contributed by atoms with Gasteiger partial charge in [0.15, 0.2) is 0 Å². The Morgan fingerprint density at radius 1 is 1.57 bits per heavy atom. The standard InChI is InChI=1S/C9H11N3.C2H6/c1-8-4-11-12(5-8)7-9(6-10)2-3-9;1-2/h4-5H,2-3,7H2,1H3;1-2H3. The lowest BCUT2D eigenvalue weighted by Crippen LogP contribution is -2.09. The van der Waals surface area contributed by atoms with Crippen molar-refractivity contribution in [3.8, 4) is 6.07 Å². The first-order chi connectivity index (χ1) is 6.74. The first-order valence-electron chi connectivity index (χ1n) is 5.14. The molecule has 1 aliphatic carbocycles. The van der Waals surface area contributed by atoms with Gasteiger partial charge in [0, 0.05) is 6.20 Å². The molecule has 1 aromatic rings. The van der Waals surface area contributed by atoms with Crippen LogP contribution in [0.15, 0.2) is 12.4 Å². The second kappa shape index (κ2) is 4.28. The Labute approximate surface area is 85.4 Å². The molecule has 0 unspecified atom stereocenters. The van der Waals surface area contributed by atoms with Crippen molar-refractivity contribution >= 4 is 0 Å². The second-order valence-electron chi connectivity index (χ2n) is 3.61. The van der Waals surface area contributed by atoms with Crippen molar-refractivity contribution in [2.45, 2.75) is 40.2 Å². The molecule has 1 heterocycles. The highest BCUT2D eigenvalue weighted by Gasteiger charge is 2.43. The average molecular weight is 191 g/mol. The molecule has 0 atom stereocenters. The van der Waals surface area contributed by atoms with Gasteiger partial charge in [-0.15, -0.1) is 0 Å². The van der Waals surface area contributed by atoms with Crippen LogP contribution in [-0.2, 0) is 6.54 Å². The molecule has 3 nitrogen and oxygen atoms in total. The zero-order valence-electron chi connectivity index (χ0n) is 9.12. The number of rotatable bonds is 2. The molecule has 0 N–H and O–H groups in total. The maximum Gasteiger partial charge on any atom is 0.0770 e. The van der Waals surface area contributed by atoms with Gasteiger partial charge in [-0.1, -0.05) is 13.8 Å². The van der Waals surface area contributed by atoms with Gasteiger partial charge in [0.05, 0.1) is 24.2 Å². The summed E-state index contributed by atoms with van der Waals surface area (Å²) in [5, 5.41) is 13.0. The van der Waals surface area contributed by atoms with E-state index in [-0.39, 0.29) is 5.41 Å². The molecule has 0 aliphatic heterocycles. The van der Waals surface area contributed by atoms with Crippen LogP contribution >= 0.6 is 0 Å². The number of aromatic nitrogens is 2. The van der Waals surface area contributed by atoms with E-state index in [1.54, 1.807) is 0 Å². The van der Waals surface area contributed by atoms with E-state index in [1.165, 1.54) is 0 Å². The normalized spacial score (nSPS) is 16.4. The van der Waals surface area contributed by atoms with E-state index in [2.05, 4.69) is 11.2 Å². The number of hydrogen-bond donors (Lipinski definition) is 0. The van der Waals surface area contributed by atoms with Crippen molar-refractivity contribution in [3.63, 3.8) is 0 Å². The van der Waals surface area contributed by atoms with E-state index in [9.17, 15) is 0 Å². The van der Waals surface area contributed by atoms with Gasteiger partial charge in [0.1, 0.15) is 0 Å². The minimum Gasteiger partial charge on any atom is -0.271 e. The van der Waals surface area contributed by atoms with Crippen LogP contribution in [0.3, 0.4) is 0 Å². The SMILES string of the molecule is CC.Cc1cnn(CC2(C#N)CC2)c1. The van der Waals surface area contributed by atoms with Crippen LogP contribution in [0.25, 0.3) is 0 Å². The van der Waals surface area contributed by atoms with Crippen molar-refractivity contribution in [2.75, 3.05) is 0 Å². The van der Waals surface area contributed by atoms with Gasteiger partial charge in [0.2, 0.25) is 0 Å². The lowest BCUT2D eigenvalue weighted by atomic mass is 10.1. The summed E-state index contributed by atoms with van der Waals surface area (Å²) < 4.78 is 1.87. The van der Waals surface area contributed by atoms with Crippen LogP contribution in [0, 0.1) is 23.7 Å². The molecule has 1 saturated carbocycles. The summed E-state index contributed by atoms with van der Waals surface area (Å²) in [6.45, 7) is 6.77. The predicted octanol–water partition coefficient (Wildman–Crippen LogP) is 2.52. The minimum absolute atomic E-state index is 0.0849. The van der Waals surface area contributed by atoms with E-state index < -0.39 is 0 Å². The number of aryl methyl sites for hydroxylation is 1. The Morgan fingerprint density at radius 2 is 2.21 bits per heavy atom. The molecular weight excluding hydrogens is 174 g/mol. The number of nitrogens with zero attached hydrogens (tertiary/aromatic N) is 3. The van der Waals surface area contributed by atoms with E-state index >= 15 is 0 Å². The lowest BCUT2D eigenvalue weighted by Gasteiger charge is -2.04. The number of hydrogen-bond acceptors (Lipinski definition) is 2. The van der Waals surface area contributed by atoms with Gasteiger partial charge in [-0.2, -0.15) is 10.4 Å². The highest BCUT2D eigenvalue weighted by atomic mass is 15.3. The summed E-state index contributed by atoms with van der Waals surface area (Å²) >= 11 is 0. The fourth-order valence-corrected chi connectivity index (χ4v) is 1.32. The summed E-state index contributed by atoms with van der Waals surface area (Å²) in [5.41, 5.74) is 1.07. The fourth-order valence-electron chi connectivity index (χ4n) is 1.32. The van der Waals surface area contributed by atoms with Gasteiger partial charge in [-0.25, -0.2) is 0 Å². The molecule has 0 spiro atoms. The predicted molar refractivity (Wildman–Crippen MR) is 55.6 cm³/mol. The second-order valence-corrected chi connectivity index (χ2v) is 3.61. The summed E-state index contributed by atoms with van der Waals surface area (Å²) in [4.78, 5) is 0. The Morgan fingerprint density at radius 3 is 2.57 bits per heavy atom. The molecule has 2 rings (SSSR count). The highest BCUT2D eigenvalue weighted by Crippen LogP contribution is 2.46. The summed E-state index contributed by atoms with van der Waals surface area (Å²) in [5.74, 6) is 0. The van der Waals surface area contributed by atoms with Crippen LogP contribution in [0.1, 0.15) is 32.3 Å². The van der Waals surface area contributed by atoms with Crippen LogP contribution < -0.4 is 0 Å². The van der Waals surface area contributed by atoms with Crippen molar-refractivity contribution in [3.05, 3.63) is 18.0 Å². The van der Waals surface area contributed by atoms with Crippen molar-refractivity contribution in [2.24, 2.45) is 5.41 Å². The molecule has 3 heteroatoms. The summed E-state index contributed by atoms with van der Waals surface area (Å²) in [6, 6.07) is 2.35. The maximum absolute atomic E-state index is 8.83. The van der Waals surface area contributed by atoms with E-state index in [4.69, 9.17) is 5.26 Å². The molecule has 14 heavy (non-hydrogen) atoms. The first kappa shape index (κ1) is 10.8. The monoisotopic (exact) mass is 191 g/mol. The van der Waals surface area contributed by atoms with Gasteiger partial charge >= 0.3 is 0 Å². The molecule has 0 amide bonds. The maximum atomic E-state index is 8.83. The van der Waals surface area contributed by atoms with Crippen molar-refractivity contribution < 1.29 is 0 Å². The smallest absolute Gasteiger partial charge is 0.0770 e. The Balaban J connectivity index is 0.000000461. The van der Waals surface area contributed by atoms with Crippen LogP contribution in [0.4, 0.5) is 0 Å². The fraction of sp³-hybridized carbons (Fsp3) is 0.636. The zero-order chi connectivity index (χ0) is 10.6. The van der Waals surface area contributed by atoms with Gasteiger partial charge in [-0.05, 0) is 25.3 Å². The molecule has 0 bridgehead atoms. The zero-order valence-corrected chi connectivity index (χ0v) is 9.12. The third-order valence-electron chi connectivity index (χ3n) is 2.32. The number of nitriles is 1. The van der Waals surface area contributed by atoms with Gasteiger partial charge in [0.25, 0.3) is 0 Å². The molecule has 1 aromatic heterocycles. The molecule has 0 aromatic carbocycles.